The summed E-state index contributed by atoms with van der Waals surface area (Å²) in [7, 11) is 0. The van der Waals surface area contributed by atoms with Gasteiger partial charge in [-0.2, -0.15) is 15.0 Å². The van der Waals surface area contributed by atoms with Crippen LogP contribution >= 0.6 is 0 Å². The van der Waals surface area contributed by atoms with Gasteiger partial charge >= 0.3 is 0 Å². The second-order valence-electron chi connectivity index (χ2n) is 5.42. The zero-order chi connectivity index (χ0) is 10.9. The summed E-state index contributed by atoms with van der Waals surface area (Å²) in [5.74, 6) is 5.37. The highest BCUT2D eigenvalue weighted by Gasteiger charge is 2.66. The van der Waals surface area contributed by atoms with Crippen molar-refractivity contribution < 1.29 is 0 Å². The molecular weight excluding hydrogens is 202 g/mol. The topological polar surface area (TPSA) is 90.7 Å². The van der Waals surface area contributed by atoms with Crippen molar-refractivity contribution in [3.8, 4) is 0 Å². The second kappa shape index (κ2) is 2.64. The average Bonchev–Trinajstić information content (AvgIpc) is 2.67. The summed E-state index contributed by atoms with van der Waals surface area (Å²) in [5.41, 5.74) is 11.2. The number of rotatable bonds is 1. The molecule has 4 N–H and O–H groups in total. The SMILES string of the molecule is Nc1nc(N)nc(C2C3C4CCC(C4)C23)n1. The third-order valence-corrected chi connectivity index (χ3v) is 4.72. The fraction of sp³-hybridized carbons (Fsp3) is 0.727. The molecule has 4 atom stereocenters. The van der Waals surface area contributed by atoms with Gasteiger partial charge in [-0.15, -0.1) is 0 Å². The minimum atomic E-state index is 0.264. The Morgan fingerprint density at radius 1 is 0.875 bits per heavy atom. The predicted molar refractivity (Wildman–Crippen MR) is 59.2 cm³/mol. The van der Waals surface area contributed by atoms with Gasteiger partial charge in [-0.05, 0) is 42.9 Å². The van der Waals surface area contributed by atoms with Crippen LogP contribution < -0.4 is 11.5 Å². The van der Waals surface area contributed by atoms with Crippen LogP contribution in [-0.4, -0.2) is 15.0 Å². The van der Waals surface area contributed by atoms with Crippen molar-refractivity contribution in [2.45, 2.75) is 25.2 Å². The number of aromatic nitrogens is 3. The summed E-state index contributed by atoms with van der Waals surface area (Å²) in [4.78, 5) is 12.3. The molecule has 16 heavy (non-hydrogen) atoms. The van der Waals surface area contributed by atoms with Gasteiger partial charge in [0.1, 0.15) is 5.82 Å². The van der Waals surface area contributed by atoms with Gasteiger partial charge in [0.05, 0.1) is 0 Å². The first-order chi connectivity index (χ1) is 7.74. The van der Waals surface area contributed by atoms with E-state index in [9.17, 15) is 0 Å². The van der Waals surface area contributed by atoms with Gasteiger partial charge in [-0.25, -0.2) is 0 Å². The summed E-state index contributed by atoms with van der Waals surface area (Å²) < 4.78 is 0. The lowest BCUT2D eigenvalue weighted by Crippen LogP contribution is -2.08. The van der Waals surface area contributed by atoms with Gasteiger partial charge in [0.15, 0.2) is 0 Å². The van der Waals surface area contributed by atoms with Gasteiger partial charge < -0.3 is 11.5 Å². The first kappa shape index (κ1) is 8.73. The molecule has 3 aliphatic rings. The number of fused-ring (bicyclic) bond motifs is 5. The summed E-state index contributed by atoms with van der Waals surface area (Å²) in [6.07, 6.45) is 4.23. The van der Waals surface area contributed by atoms with Gasteiger partial charge in [-0.1, -0.05) is 0 Å². The molecule has 5 nitrogen and oxygen atoms in total. The maximum atomic E-state index is 5.62. The molecule has 1 aromatic rings. The van der Waals surface area contributed by atoms with E-state index < -0.39 is 0 Å². The Bertz CT molecular complexity index is 423. The van der Waals surface area contributed by atoms with E-state index in [1.807, 2.05) is 0 Å². The van der Waals surface area contributed by atoms with Crippen LogP contribution in [0.2, 0.25) is 0 Å². The van der Waals surface area contributed by atoms with E-state index >= 15 is 0 Å². The maximum absolute atomic E-state index is 5.62. The van der Waals surface area contributed by atoms with E-state index in [1.165, 1.54) is 19.3 Å². The van der Waals surface area contributed by atoms with E-state index in [-0.39, 0.29) is 11.9 Å². The Morgan fingerprint density at radius 2 is 1.44 bits per heavy atom. The maximum Gasteiger partial charge on any atom is 0.225 e. The van der Waals surface area contributed by atoms with E-state index in [0.29, 0.717) is 5.92 Å². The van der Waals surface area contributed by atoms with Crippen molar-refractivity contribution in [3.63, 3.8) is 0 Å². The molecule has 0 amide bonds. The van der Waals surface area contributed by atoms with Crippen LogP contribution in [0.25, 0.3) is 0 Å². The van der Waals surface area contributed by atoms with Crippen molar-refractivity contribution in [1.82, 2.24) is 15.0 Å². The number of nitrogens with zero attached hydrogens (tertiary/aromatic N) is 3. The lowest BCUT2D eigenvalue weighted by Gasteiger charge is -2.07. The zero-order valence-corrected chi connectivity index (χ0v) is 9.00. The van der Waals surface area contributed by atoms with Crippen LogP contribution in [0.1, 0.15) is 31.0 Å². The number of nitrogens with two attached hydrogens (primary N) is 2. The molecule has 0 radical (unpaired) electrons. The molecular formula is C11H15N5. The molecule has 4 unspecified atom stereocenters. The van der Waals surface area contributed by atoms with Crippen LogP contribution in [0.5, 0.6) is 0 Å². The Balaban J connectivity index is 1.69. The van der Waals surface area contributed by atoms with E-state index in [1.54, 1.807) is 0 Å². The number of hydrogen-bond donors (Lipinski definition) is 2. The van der Waals surface area contributed by atoms with Crippen molar-refractivity contribution in [3.05, 3.63) is 5.82 Å². The molecule has 5 heteroatoms. The largest absolute Gasteiger partial charge is 0.368 e. The van der Waals surface area contributed by atoms with Crippen LogP contribution in [0, 0.1) is 23.7 Å². The van der Waals surface area contributed by atoms with Gasteiger partial charge in [0.25, 0.3) is 0 Å². The average molecular weight is 217 g/mol. The molecule has 3 fully saturated rings. The molecule has 4 rings (SSSR count). The molecule has 84 valence electrons. The third kappa shape index (κ3) is 0.982. The Kier molecular flexibility index (Phi) is 1.44. The Hall–Kier alpha value is -1.39. The number of hydrogen-bond acceptors (Lipinski definition) is 5. The molecule has 0 spiro atoms. The highest BCUT2D eigenvalue weighted by Crippen LogP contribution is 2.72. The first-order valence-corrected chi connectivity index (χ1v) is 6.01. The molecule has 0 aromatic carbocycles. The summed E-state index contributed by atoms with van der Waals surface area (Å²) in [5, 5.41) is 0. The van der Waals surface area contributed by atoms with Crippen molar-refractivity contribution in [1.29, 1.82) is 0 Å². The van der Waals surface area contributed by atoms with Crippen LogP contribution in [0.4, 0.5) is 11.9 Å². The highest BCUT2D eigenvalue weighted by atomic mass is 15.1. The zero-order valence-electron chi connectivity index (χ0n) is 9.00. The standard InChI is InChI=1S/C11H15N5/c12-10-14-9(15-11(13)16-10)8-6-4-1-2-5(3-4)7(6)8/h4-8H,1-3H2,(H4,12,13,14,15,16). The summed E-state index contributed by atoms with van der Waals surface area (Å²) in [6, 6.07) is 0. The third-order valence-electron chi connectivity index (χ3n) is 4.72. The van der Waals surface area contributed by atoms with Gasteiger partial charge in [0, 0.05) is 5.92 Å². The van der Waals surface area contributed by atoms with Crippen LogP contribution in [-0.2, 0) is 0 Å². The minimum Gasteiger partial charge on any atom is -0.368 e. The lowest BCUT2D eigenvalue weighted by atomic mass is 10.0. The minimum absolute atomic E-state index is 0.264. The van der Waals surface area contributed by atoms with Crippen molar-refractivity contribution >= 4 is 11.9 Å². The summed E-state index contributed by atoms with van der Waals surface area (Å²) >= 11 is 0. The molecule has 3 saturated carbocycles. The fourth-order valence-electron chi connectivity index (χ4n) is 4.25. The Morgan fingerprint density at radius 3 is 2.00 bits per heavy atom. The van der Waals surface area contributed by atoms with Crippen LogP contribution in [0.15, 0.2) is 0 Å². The van der Waals surface area contributed by atoms with Crippen molar-refractivity contribution in [2.24, 2.45) is 23.7 Å². The molecule has 0 saturated heterocycles. The normalized spacial score (nSPS) is 43.4. The molecule has 2 bridgehead atoms. The molecule has 3 aliphatic carbocycles. The highest BCUT2D eigenvalue weighted by molar-refractivity contribution is 5.32. The number of nitrogen functional groups attached to an aromatic ring is 2. The van der Waals surface area contributed by atoms with Crippen LogP contribution in [0.3, 0.4) is 0 Å². The molecule has 0 aliphatic heterocycles. The predicted octanol–water partition coefficient (Wildman–Crippen LogP) is 0.795. The second-order valence-corrected chi connectivity index (χ2v) is 5.42. The molecule has 1 heterocycles. The number of anilines is 2. The van der Waals surface area contributed by atoms with Gasteiger partial charge in [0.2, 0.25) is 11.9 Å². The fourth-order valence-corrected chi connectivity index (χ4v) is 4.25. The van der Waals surface area contributed by atoms with Gasteiger partial charge in [-0.3, -0.25) is 0 Å². The first-order valence-electron chi connectivity index (χ1n) is 6.01. The van der Waals surface area contributed by atoms with E-state index in [0.717, 1.165) is 29.5 Å². The van der Waals surface area contributed by atoms with Crippen molar-refractivity contribution in [2.75, 3.05) is 11.5 Å². The molecule has 1 aromatic heterocycles. The smallest absolute Gasteiger partial charge is 0.225 e. The Labute approximate surface area is 93.7 Å². The summed E-state index contributed by atoms with van der Waals surface area (Å²) in [6.45, 7) is 0. The monoisotopic (exact) mass is 217 g/mol. The lowest BCUT2D eigenvalue weighted by molar-refractivity contribution is 0.456. The van der Waals surface area contributed by atoms with E-state index in [4.69, 9.17) is 11.5 Å². The van der Waals surface area contributed by atoms with E-state index in [2.05, 4.69) is 15.0 Å². The quantitative estimate of drug-likeness (QED) is 0.726.